The summed E-state index contributed by atoms with van der Waals surface area (Å²) in [5, 5.41) is 4.49. The van der Waals surface area contributed by atoms with E-state index in [2.05, 4.69) is 17.2 Å². The number of carbonyl (C=O) groups is 1. The van der Waals surface area contributed by atoms with E-state index in [-0.39, 0.29) is 18.3 Å². The van der Waals surface area contributed by atoms with Crippen LogP contribution in [-0.4, -0.2) is 12.5 Å². The van der Waals surface area contributed by atoms with Gasteiger partial charge >= 0.3 is 0 Å². The second-order valence-corrected chi connectivity index (χ2v) is 4.95. The monoisotopic (exact) mass is 288 g/mol. The van der Waals surface area contributed by atoms with E-state index in [0.29, 0.717) is 21.7 Å². The highest BCUT2D eigenvalue weighted by molar-refractivity contribution is 7.12. The Morgan fingerprint density at radius 3 is 3.00 bits per heavy atom. The van der Waals surface area contributed by atoms with Crippen LogP contribution in [-0.2, 0) is 0 Å². The molecule has 0 saturated heterocycles. The molecule has 1 amide bonds. The molecule has 3 N–H and O–H groups in total. The molecule has 2 aromatic rings. The standard InChI is InChI=1S/C15H13FN2OS/c1-10-12(16)5-2-6-13(10)18-15(19)14-11(4-3-8-17)7-9-20-14/h2,5-7,9H,8,17H2,1H3,(H,18,19). The third-order valence-electron chi connectivity index (χ3n) is 2.71. The first-order valence-electron chi connectivity index (χ1n) is 5.96. The summed E-state index contributed by atoms with van der Waals surface area (Å²) in [4.78, 5) is 12.7. The first kappa shape index (κ1) is 14.3. The van der Waals surface area contributed by atoms with Crippen LogP contribution >= 0.6 is 11.3 Å². The minimum Gasteiger partial charge on any atom is -0.321 e. The first-order valence-corrected chi connectivity index (χ1v) is 6.84. The highest BCUT2D eigenvalue weighted by atomic mass is 32.1. The number of rotatable bonds is 2. The predicted octanol–water partition coefficient (Wildman–Crippen LogP) is 2.76. The minimum atomic E-state index is -0.350. The second kappa shape index (κ2) is 6.33. The Morgan fingerprint density at radius 2 is 2.25 bits per heavy atom. The molecule has 0 fully saturated rings. The molecule has 0 atom stereocenters. The van der Waals surface area contributed by atoms with E-state index < -0.39 is 0 Å². The number of hydrogen-bond donors (Lipinski definition) is 2. The molecule has 5 heteroatoms. The van der Waals surface area contributed by atoms with E-state index in [1.165, 1.54) is 17.4 Å². The molecule has 0 aliphatic heterocycles. The van der Waals surface area contributed by atoms with Gasteiger partial charge in [-0.3, -0.25) is 4.79 Å². The molecule has 1 heterocycles. The SMILES string of the molecule is Cc1c(F)cccc1NC(=O)c1sccc1C#CCN. The molecule has 3 nitrogen and oxygen atoms in total. The van der Waals surface area contributed by atoms with Crippen LogP contribution in [0.25, 0.3) is 0 Å². The highest BCUT2D eigenvalue weighted by Crippen LogP contribution is 2.21. The maximum atomic E-state index is 13.4. The summed E-state index contributed by atoms with van der Waals surface area (Å²) in [5.41, 5.74) is 6.82. The fraction of sp³-hybridized carbons (Fsp3) is 0.133. The Balaban J connectivity index is 2.25. The summed E-state index contributed by atoms with van der Waals surface area (Å²) in [6.45, 7) is 1.86. The van der Waals surface area contributed by atoms with Crippen molar-refractivity contribution in [3.05, 3.63) is 51.5 Å². The average molecular weight is 288 g/mol. The number of nitrogens with one attached hydrogen (secondary N) is 1. The van der Waals surface area contributed by atoms with Gasteiger partial charge < -0.3 is 11.1 Å². The molecular weight excluding hydrogens is 275 g/mol. The summed E-state index contributed by atoms with van der Waals surface area (Å²) in [6.07, 6.45) is 0. The Labute approximate surface area is 120 Å². The summed E-state index contributed by atoms with van der Waals surface area (Å²) >= 11 is 1.29. The summed E-state index contributed by atoms with van der Waals surface area (Å²) in [6, 6.07) is 6.34. The van der Waals surface area contributed by atoms with Crippen molar-refractivity contribution in [1.29, 1.82) is 0 Å². The lowest BCUT2D eigenvalue weighted by Crippen LogP contribution is -2.13. The Kier molecular flexibility index (Phi) is 4.51. The van der Waals surface area contributed by atoms with Crippen molar-refractivity contribution < 1.29 is 9.18 Å². The van der Waals surface area contributed by atoms with Crippen molar-refractivity contribution in [3.63, 3.8) is 0 Å². The largest absolute Gasteiger partial charge is 0.321 e. The van der Waals surface area contributed by atoms with Crippen molar-refractivity contribution in [2.75, 3.05) is 11.9 Å². The average Bonchev–Trinajstić information content (AvgIpc) is 2.90. The van der Waals surface area contributed by atoms with Crippen molar-refractivity contribution in [3.8, 4) is 11.8 Å². The van der Waals surface area contributed by atoms with Gasteiger partial charge in [0.25, 0.3) is 5.91 Å². The zero-order valence-corrected chi connectivity index (χ0v) is 11.7. The van der Waals surface area contributed by atoms with Crippen molar-refractivity contribution in [2.24, 2.45) is 5.73 Å². The smallest absolute Gasteiger partial charge is 0.267 e. The van der Waals surface area contributed by atoms with Crippen molar-refractivity contribution in [2.45, 2.75) is 6.92 Å². The van der Waals surface area contributed by atoms with Crippen LogP contribution in [0.3, 0.4) is 0 Å². The molecular formula is C15H13FN2OS. The van der Waals surface area contributed by atoms with E-state index in [1.54, 1.807) is 30.5 Å². The van der Waals surface area contributed by atoms with E-state index in [0.717, 1.165) is 0 Å². The summed E-state index contributed by atoms with van der Waals surface area (Å²) in [7, 11) is 0. The van der Waals surface area contributed by atoms with Crippen molar-refractivity contribution >= 4 is 22.9 Å². The topological polar surface area (TPSA) is 55.1 Å². The number of anilines is 1. The summed E-state index contributed by atoms with van der Waals surface area (Å²) < 4.78 is 13.4. The molecule has 0 aliphatic carbocycles. The lowest BCUT2D eigenvalue weighted by atomic mass is 10.2. The lowest BCUT2D eigenvalue weighted by Gasteiger charge is -2.08. The van der Waals surface area contributed by atoms with Gasteiger partial charge in [0.2, 0.25) is 0 Å². The first-order chi connectivity index (χ1) is 9.63. The molecule has 2 rings (SSSR count). The quantitative estimate of drug-likeness (QED) is 0.835. The van der Waals surface area contributed by atoms with E-state index in [4.69, 9.17) is 5.73 Å². The molecule has 1 aromatic heterocycles. The Morgan fingerprint density at radius 1 is 1.45 bits per heavy atom. The van der Waals surface area contributed by atoms with Gasteiger partial charge in [-0.15, -0.1) is 11.3 Å². The number of benzene rings is 1. The van der Waals surface area contributed by atoms with Gasteiger partial charge in [0.15, 0.2) is 0 Å². The normalized spacial score (nSPS) is 9.75. The Hall–Kier alpha value is -2.16. The van der Waals surface area contributed by atoms with Crippen LogP contribution in [0.1, 0.15) is 20.8 Å². The third kappa shape index (κ3) is 3.05. The molecule has 0 bridgehead atoms. The van der Waals surface area contributed by atoms with Gasteiger partial charge in [-0.2, -0.15) is 0 Å². The number of hydrogen-bond acceptors (Lipinski definition) is 3. The zero-order chi connectivity index (χ0) is 14.5. The van der Waals surface area contributed by atoms with E-state index in [1.807, 2.05) is 0 Å². The predicted molar refractivity (Wildman–Crippen MR) is 79.3 cm³/mol. The summed E-state index contributed by atoms with van der Waals surface area (Å²) in [5.74, 6) is 4.91. The number of halogens is 1. The molecule has 0 saturated carbocycles. The number of thiophene rings is 1. The van der Waals surface area contributed by atoms with Gasteiger partial charge in [-0.05, 0) is 30.5 Å². The number of nitrogens with two attached hydrogens (primary N) is 1. The van der Waals surface area contributed by atoms with Gasteiger partial charge in [0, 0.05) is 16.8 Å². The molecule has 1 aromatic carbocycles. The third-order valence-corrected chi connectivity index (χ3v) is 3.63. The minimum absolute atomic E-state index is 0.236. The molecule has 0 aliphatic rings. The number of carbonyl (C=O) groups excluding carboxylic acids is 1. The fourth-order valence-corrected chi connectivity index (χ4v) is 2.40. The van der Waals surface area contributed by atoms with Gasteiger partial charge in [0.05, 0.1) is 6.54 Å². The highest BCUT2D eigenvalue weighted by Gasteiger charge is 2.14. The van der Waals surface area contributed by atoms with Crippen LogP contribution in [0.2, 0.25) is 0 Å². The second-order valence-electron chi connectivity index (χ2n) is 4.04. The zero-order valence-electron chi connectivity index (χ0n) is 10.9. The van der Waals surface area contributed by atoms with Gasteiger partial charge in [-0.1, -0.05) is 17.9 Å². The lowest BCUT2D eigenvalue weighted by molar-refractivity contribution is 0.103. The molecule has 0 unspecified atom stereocenters. The van der Waals surface area contributed by atoms with Crippen LogP contribution in [0.5, 0.6) is 0 Å². The van der Waals surface area contributed by atoms with E-state index in [9.17, 15) is 9.18 Å². The van der Waals surface area contributed by atoms with E-state index >= 15 is 0 Å². The van der Waals surface area contributed by atoms with Crippen molar-refractivity contribution in [1.82, 2.24) is 0 Å². The van der Waals surface area contributed by atoms with Crippen LogP contribution < -0.4 is 11.1 Å². The molecule has 102 valence electrons. The van der Waals surface area contributed by atoms with Gasteiger partial charge in [0.1, 0.15) is 10.7 Å². The van der Waals surface area contributed by atoms with Crippen LogP contribution in [0.15, 0.2) is 29.6 Å². The molecule has 0 spiro atoms. The molecule has 0 radical (unpaired) electrons. The van der Waals surface area contributed by atoms with Gasteiger partial charge in [-0.25, -0.2) is 4.39 Å². The number of amides is 1. The maximum absolute atomic E-state index is 13.4. The Bertz CT molecular complexity index is 697. The fourth-order valence-electron chi connectivity index (χ4n) is 1.65. The molecule has 20 heavy (non-hydrogen) atoms. The van der Waals surface area contributed by atoms with Crippen LogP contribution in [0.4, 0.5) is 10.1 Å². The maximum Gasteiger partial charge on any atom is 0.267 e. The van der Waals surface area contributed by atoms with Crippen LogP contribution in [0, 0.1) is 24.6 Å².